The zero-order valence-electron chi connectivity index (χ0n) is 14.6. The van der Waals surface area contributed by atoms with Crippen LogP contribution in [0.1, 0.15) is 30.3 Å². The first-order chi connectivity index (χ1) is 11.6. The van der Waals surface area contributed by atoms with Crippen molar-refractivity contribution in [3.05, 3.63) is 59.4 Å². The fourth-order valence-corrected chi connectivity index (χ4v) is 2.97. The Morgan fingerprint density at radius 3 is 2.50 bits per heavy atom. The molecule has 0 aliphatic heterocycles. The molecule has 2 aromatic carbocycles. The maximum absolute atomic E-state index is 6.19. The number of hydrogen-bond donors (Lipinski definition) is 1. The summed E-state index contributed by atoms with van der Waals surface area (Å²) in [6.07, 6.45) is 0.934. The third-order valence-corrected chi connectivity index (χ3v) is 4.43. The third-order valence-electron chi connectivity index (χ3n) is 4.43. The van der Waals surface area contributed by atoms with E-state index in [4.69, 9.17) is 15.5 Å². The number of benzene rings is 2. The van der Waals surface area contributed by atoms with Gasteiger partial charge in [0.1, 0.15) is 18.2 Å². The highest BCUT2D eigenvalue weighted by Gasteiger charge is 2.14. The Morgan fingerprint density at radius 2 is 1.79 bits per heavy atom. The van der Waals surface area contributed by atoms with E-state index in [1.807, 2.05) is 24.3 Å². The largest absolute Gasteiger partial charge is 0.485 e. The van der Waals surface area contributed by atoms with Gasteiger partial charge in [-0.15, -0.1) is 0 Å². The van der Waals surface area contributed by atoms with E-state index >= 15 is 0 Å². The van der Waals surface area contributed by atoms with Crippen LogP contribution in [-0.4, -0.2) is 15.6 Å². The van der Waals surface area contributed by atoms with Crippen molar-refractivity contribution in [2.45, 2.75) is 46.4 Å². The van der Waals surface area contributed by atoms with Crippen molar-refractivity contribution in [3.8, 4) is 5.75 Å². The minimum absolute atomic E-state index is 0.113. The molecule has 1 aromatic heterocycles. The molecule has 1 heterocycles. The molecule has 0 saturated carbocycles. The fourth-order valence-electron chi connectivity index (χ4n) is 2.97. The van der Waals surface area contributed by atoms with Gasteiger partial charge < -0.3 is 15.0 Å². The first kappa shape index (κ1) is 16.5. The summed E-state index contributed by atoms with van der Waals surface area (Å²) in [5.74, 6) is 1.86. The average molecular weight is 323 g/mol. The molecule has 0 bridgehead atoms. The van der Waals surface area contributed by atoms with Crippen LogP contribution in [0.25, 0.3) is 11.0 Å². The molecule has 3 aromatic rings. The molecule has 1 atom stereocenters. The molecule has 24 heavy (non-hydrogen) atoms. The maximum Gasteiger partial charge on any atom is 0.148 e. The number of imidazole rings is 1. The summed E-state index contributed by atoms with van der Waals surface area (Å²) in [5.41, 5.74) is 10.6. The van der Waals surface area contributed by atoms with Crippen LogP contribution in [0.4, 0.5) is 0 Å². The van der Waals surface area contributed by atoms with Gasteiger partial charge >= 0.3 is 0 Å². The van der Waals surface area contributed by atoms with Gasteiger partial charge in [0.05, 0.1) is 11.0 Å². The molecule has 0 aliphatic rings. The summed E-state index contributed by atoms with van der Waals surface area (Å²) in [7, 11) is 0. The van der Waals surface area contributed by atoms with Crippen LogP contribution < -0.4 is 10.5 Å². The monoisotopic (exact) mass is 323 g/mol. The molecule has 2 N–H and O–H groups in total. The smallest absolute Gasteiger partial charge is 0.148 e. The average Bonchev–Trinajstić information content (AvgIpc) is 2.92. The van der Waals surface area contributed by atoms with Crippen LogP contribution in [-0.2, 0) is 13.2 Å². The molecule has 1 unspecified atom stereocenters. The normalized spacial score (nSPS) is 12.5. The van der Waals surface area contributed by atoms with Crippen molar-refractivity contribution >= 4 is 11.0 Å². The van der Waals surface area contributed by atoms with Crippen LogP contribution in [0.15, 0.2) is 42.5 Å². The van der Waals surface area contributed by atoms with Gasteiger partial charge in [-0.05, 0) is 43.5 Å². The van der Waals surface area contributed by atoms with Gasteiger partial charge in [0.2, 0.25) is 0 Å². The molecule has 126 valence electrons. The minimum atomic E-state index is 0.113. The topological polar surface area (TPSA) is 53.1 Å². The highest BCUT2D eigenvalue weighted by molar-refractivity contribution is 5.75. The Bertz CT molecular complexity index is 818. The molecule has 0 saturated heterocycles. The SMILES string of the molecule is CCC(N)Cn1c(COc2c(C)cccc2C)nc2ccccc21. The Balaban J connectivity index is 1.92. The number of aromatic nitrogens is 2. The summed E-state index contributed by atoms with van der Waals surface area (Å²) in [6, 6.07) is 14.5. The third kappa shape index (κ3) is 3.29. The number of para-hydroxylation sites is 3. The molecular formula is C20H25N3O. The number of nitrogens with two attached hydrogens (primary N) is 1. The van der Waals surface area contributed by atoms with E-state index in [2.05, 4.69) is 43.5 Å². The fraction of sp³-hybridized carbons (Fsp3) is 0.350. The number of fused-ring (bicyclic) bond motifs is 1. The zero-order valence-corrected chi connectivity index (χ0v) is 14.6. The number of aryl methyl sites for hydroxylation is 2. The number of hydrogen-bond acceptors (Lipinski definition) is 3. The summed E-state index contributed by atoms with van der Waals surface area (Å²) in [6.45, 7) is 7.44. The second kappa shape index (κ2) is 7.05. The van der Waals surface area contributed by atoms with E-state index in [-0.39, 0.29) is 6.04 Å². The van der Waals surface area contributed by atoms with Crippen LogP contribution in [0.3, 0.4) is 0 Å². The van der Waals surface area contributed by atoms with Gasteiger partial charge in [-0.2, -0.15) is 0 Å². The van der Waals surface area contributed by atoms with E-state index in [0.29, 0.717) is 6.61 Å². The lowest BCUT2D eigenvalue weighted by molar-refractivity contribution is 0.285. The van der Waals surface area contributed by atoms with Gasteiger partial charge in [0.25, 0.3) is 0 Å². The lowest BCUT2D eigenvalue weighted by Gasteiger charge is -2.15. The predicted octanol–water partition coefficient (Wildman–Crippen LogP) is 3.97. The van der Waals surface area contributed by atoms with Crippen LogP contribution in [0.2, 0.25) is 0 Å². The quantitative estimate of drug-likeness (QED) is 0.747. The molecule has 4 heteroatoms. The van der Waals surface area contributed by atoms with Crippen molar-refractivity contribution < 1.29 is 4.74 Å². The maximum atomic E-state index is 6.19. The Morgan fingerprint density at radius 1 is 1.08 bits per heavy atom. The highest BCUT2D eigenvalue weighted by Crippen LogP contribution is 2.24. The first-order valence-electron chi connectivity index (χ1n) is 8.49. The molecule has 0 fully saturated rings. The van der Waals surface area contributed by atoms with Crippen LogP contribution >= 0.6 is 0 Å². The van der Waals surface area contributed by atoms with Crippen molar-refractivity contribution in [3.63, 3.8) is 0 Å². The predicted molar refractivity (Wildman–Crippen MR) is 98.2 cm³/mol. The van der Waals surface area contributed by atoms with E-state index in [1.54, 1.807) is 0 Å². The minimum Gasteiger partial charge on any atom is -0.485 e. The molecule has 0 aliphatic carbocycles. The Hall–Kier alpha value is -2.33. The first-order valence-corrected chi connectivity index (χ1v) is 8.49. The summed E-state index contributed by atoms with van der Waals surface area (Å²) in [5, 5.41) is 0. The standard InChI is InChI=1S/C20H25N3O/c1-4-16(21)12-23-18-11-6-5-10-17(18)22-19(23)13-24-20-14(2)8-7-9-15(20)3/h5-11,16H,4,12-13,21H2,1-3H3. The van der Waals surface area contributed by atoms with Crippen molar-refractivity contribution in [1.82, 2.24) is 9.55 Å². The summed E-state index contributed by atoms with van der Waals surface area (Å²) >= 11 is 0. The van der Waals surface area contributed by atoms with E-state index in [1.165, 1.54) is 0 Å². The second-order valence-electron chi connectivity index (χ2n) is 6.31. The summed E-state index contributed by atoms with van der Waals surface area (Å²) in [4.78, 5) is 4.76. The molecule has 4 nitrogen and oxygen atoms in total. The van der Waals surface area contributed by atoms with Crippen molar-refractivity contribution in [2.75, 3.05) is 0 Å². The van der Waals surface area contributed by atoms with Crippen LogP contribution in [0.5, 0.6) is 5.75 Å². The Kier molecular flexibility index (Phi) is 4.86. The van der Waals surface area contributed by atoms with Gasteiger partial charge in [0, 0.05) is 12.6 Å². The van der Waals surface area contributed by atoms with Crippen molar-refractivity contribution in [2.24, 2.45) is 5.73 Å². The molecule has 0 amide bonds. The number of rotatable bonds is 6. The second-order valence-corrected chi connectivity index (χ2v) is 6.31. The lowest BCUT2D eigenvalue weighted by atomic mass is 10.1. The zero-order chi connectivity index (χ0) is 17.1. The van der Waals surface area contributed by atoms with Crippen LogP contribution in [0, 0.1) is 13.8 Å². The summed E-state index contributed by atoms with van der Waals surface area (Å²) < 4.78 is 8.31. The number of nitrogens with zero attached hydrogens (tertiary/aromatic N) is 2. The van der Waals surface area contributed by atoms with Crippen molar-refractivity contribution in [1.29, 1.82) is 0 Å². The number of ether oxygens (including phenoxy) is 1. The van der Waals surface area contributed by atoms with Gasteiger partial charge in [-0.3, -0.25) is 0 Å². The molecule has 3 rings (SSSR count). The van der Waals surface area contributed by atoms with Gasteiger partial charge in [0.15, 0.2) is 0 Å². The van der Waals surface area contributed by atoms with E-state index < -0.39 is 0 Å². The molecule has 0 spiro atoms. The van der Waals surface area contributed by atoms with E-state index in [0.717, 1.165) is 46.7 Å². The molecular weight excluding hydrogens is 298 g/mol. The van der Waals surface area contributed by atoms with Gasteiger partial charge in [-0.25, -0.2) is 4.98 Å². The lowest BCUT2D eigenvalue weighted by Crippen LogP contribution is -2.26. The molecule has 0 radical (unpaired) electrons. The van der Waals surface area contributed by atoms with E-state index in [9.17, 15) is 0 Å². The highest BCUT2D eigenvalue weighted by atomic mass is 16.5. The van der Waals surface area contributed by atoms with Gasteiger partial charge in [-0.1, -0.05) is 37.3 Å². The Labute approximate surface area is 143 Å².